The minimum atomic E-state index is -0.282. The van der Waals surface area contributed by atoms with Crippen molar-refractivity contribution >= 4 is 29.2 Å². The molecular formula is C13H14FN3OS. The minimum Gasteiger partial charge on any atom is -0.344 e. The van der Waals surface area contributed by atoms with Gasteiger partial charge in [0.25, 0.3) is 0 Å². The summed E-state index contributed by atoms with van der Waals surface area (Å²) in [5.74, 6) is -0.135. The number of halogens is 1. The van der Waals surface area contributed by atoms with Gasteiger partial charge in [-0.3, -0.25) is 4.79 Å². The van der Waals surface area contributed by atoms with Gasteiger partial charge in [0.1, 0.15) is 5.82 Å². The van der Waals surface area contributed by atoms with Crippen molar-refractivity contribution in [3.63, 3.8) is 0 Å². The molecule has 1 atom stereocenters. The van der Waals surface area contributed by atoms with E-state index in [1.165, 1.54) is 12.1 Å². The van der Waals surface area contributed by atoms with Gasteiger partial charge in [-0.05, 0) is 36.8 Å². The fraction of sp³-hybridized carbons (Fsp3) is 0.385. The van der Waals surface area contributed by atoms with E-state index in [2.05, 4.69) is 4.98 Å². The second-order valence-corrected chi connectivity index (χ2v) is 5.32. The highest BCUT2D eigenvalue weighted by Crippen LogP contribution is 2.26. The number of nitrogens with one attached hydrogen (secondary N) is 1. The summed E-state index contributed by atoms with van der Waals surface area (Å²) in [6.07, 6.45) is 1.24. The van der Waals surface area contributed by atoms with Crippen LogP contribution in [-0.4, -0.2) is 34.0 Å². The zero-order valence-electron chi connectivity index (χ0n) is 10.5. The van der Waals surface area contributed by atoms with Crippen molar-refractivity contribution in [2.24, 2.45) is 0 Å². The molecule has 1 N–H and O–H groups in total. The Morgan fingerprint density at radius 2 is 2.26 bits per heavy atom. The number of carbonyl (C=O) groups is 1. The van der Waals surface area contributed by atoms with E-state index in [9.17, 15) is 9.18 Å². The highest BCUT2D eigenvalue weighted by Gasteiger charge is 2.25. The Morgan fingerprint density at radius 1 is 1.47 bits per heavy atom. The quantitative estimate of drug-likeness (QED) is 0.815. The lowest BCUT2D eigenvalue weighted by Crippen LogP contribution is -2.37. The standard InChI is InChI=1S/C13H14FN3OS/c1-16-7-9(3-5-12(16)18)17-11-6-8(14)2-4-10(11)15-13(17)19/h2,4,6,9H,3,5,7H2,1H3,(H,15,19). The van der Waals surface area contributed by atoms with E-state index in [0.29, 0.717) is 17.7 Å². The van der Waals surface area contributed by atoms with Crippen molar-refractivity contribution in [2.45, 2.75) is 18.9 Å². The molecule has 1 aliphatic heterocycles. The van der Waals surface area contributed by atoms with Crippen LogP contribution in [0.2, 0.25) is 0 Å². The van der Waals surface area contributed by atoms with Crippen molar-refractivity contribution in [3.8, 4) is 0 Å². The zero-order chi connectivity index (χ0) is 13.6. The number of amides is 1. The summed E-state index contributed by atoms with van der Waals surface area (Å²) in [5.41, 5.74) is 1.59. The lowest BCUT2D eigenvalue weighted by atomic mass is 10.1. The lowest BCUT2D eigenvalue weighted by Gasteiger charge is -2.30. The highest BCUT2D eigenvalue weighted by molar-refractivity contribution is 7.71. The van der Waals surface area contributed by atoms with Crippen LogP contribution in [0, 0.1) is 10.6 Å². The van der Waals surface area contributed by atoms with Crippen LogP contribution >= 0.6 is 12.2 Å². The molecule has 0 radical (unpaired) electrons. The molecule has 0 saturated carbocycles. The summed E-state index contributed by atoms with van der Waals surface area (Å²) in [6.45, 7) is 0.608. The Morgan fingerprint density at radius 3 is 3.00 bits per heavy atom. The van der Waals surface area contributed by atoms with Crippen molar-refractivity contribution in [3.05, 3.63) is 28.8 Å². The predicted octanol–water partition coefficient (Wildman–Crippen LogP) is 2.63. The molecule has 4 nitrogen and oxygen atoms in total. The van der Waals surface area contributed by atoms with Gasteiger partial charge in [0.2, 0.25) is 5.91 Å². The van der Waals surface area contributed by atoms with E-state index in [1.54, 1.807) is 18.0 Å². The molecule has 3 rings (SSSR count). The molecular weight excluding hydrogens is 265 g/mol. The molecule has 1 unspecified atom stereocenters. The van der Waals surface area contributed by atoms with Crippen LogP contribution in [0.25, 0.3) is 11.0 Å². The molecule has 100 valence electrons. The van der Waals surface area contributed by atoms with Crippen molar-refractivity contribution in [1.82, 2.24) is 14.5 Å². The summed E-state index contributed by atoms with van der Waals surface area (Å²) < 4.78 is 15.9. The van der Waals surface area contributed by atoms with E-state index in [-0.39, 0.29) is 17.8 Å². The Labute approximate surface area is 114 Å². The van der Waals surface area contributed by atoms with Crippen molar-refractivity contribution < 1.29 is 9.18 Å². The molecule has 19 heavy (non-hydrogen) atoms. The van der Waals surface area contributed by atoms with E-state index in [0.717, 1.165) is 17.5 Å². The Kier molecular flexibility index (Phi) is 2.89. The number of nitrogens with zero attached hydrogens (tertiary/aromatic N) is 2. The van der Waals surface area contributed by atoms with Crippen LogP contribution in [0.5, 0.6) is 0 Å². The largest absolute Gasteiger partial charge is 0.344 e. The van der Waals surface area contributed by atoms with Gasteiger partial charge >= 0.3 is 0 Å². The monoisotopic (exact) mass is 279 g/mol. The molecule has 1 aromatic carbocycles. The van der Waals surface area contributed by atoms with Gasteiger partial charge in [0.05, 0.1) is 17.1 Å². The molecule has 1 amide bonds. The predicted molar refractivity (Wildman–Crippen MR) is 73.0 cm³/mol. The van der Waals surface area contributed by atoms with E-state index in [1.807, 2.05) is 4.57 Å². The number of aromatic nitrogens is 2. The zero-order valence-corrected chi connectivity index (χ0v) is 11.3. The maximum Gasteiger partial charge on any atom is 0.222 e. The van der Waals surface area contributed by atoms with Gasteiger partial charge in [-0.25, -0.2) is 4.39 Å². The van der Waals surface area contributed by atoms with E-state index in [4.69, 9.17) is 12.2 Å². The van der Waals surface area contributed by atoms with Gasteiger partial charge in [-0.1, -0.05) is 0 Å². The van der Waals surface area contributed by atoms with Crippen LogP contribution in [0.4, 0.5) is 4.39 Å². The number of hydrogen-bond acceptors (Lipinski definition) is 2. The number of rotatable bonds is 1. The van der Waals surface area contributed by atoms with Crippen LogP contribution < -0.4 is 0 Å². The number of piperidine rings is 1. The SMILES string of the molecule is CN1CC(n2c(=S)[nH]c3ccc(F)cc32)CCC1=O. The number of aromatic amines is 1. The van der Waals surface area contributed by atoms with Gasteiger partial charge in [-0.15, -0.1) is 0 Å². The minimum absolute atomic E-state index is 0.103. The number of hydrogen-bond donors (Lipinski definition) is 1. The molecule has 1 aliphatic rings. The summed E-state index contributed by atoms with van der Waals surface area (Å²) in [6, 6.07) is 4.69. The number of likely N-dealkylation sites (N-methyl/N-ethyl adjacent to an activating group) is 1. The Bertz CT molecular complexity index is 705. The Hall–Kier alpha value is -1.69. The summed E-state index contributed by atoms with van der Waals surface area (Å²) >= 11 is 5.33. The molecule has 2 aromatic rings. The fourth-order valence-electron chi connectivity index (χ4n) is 2.66. The third kappa shape index (κ3) is 2.06. The van der Waals surface area contributed by atoms with Gasteiger partial charge in [0.15, 0.2) is 4.77 Å². The molecule has 2 heterocycles. The van der Waals surface area contributed by atoms with E-state index < -0.39 is 0 Å². The fourth-order valence-corrected chi connectivity index (χ4v) is 3.02. The first-order valence-corrected chi connectivity index (χ1v) is 6.61. The van der Waals surface area contributed by atoms with Crippen LogP contribution in [0.3, 0.4) is 0 Å². The number of fused-ring (bicyclic) bond motifs is 1. The number of H-pyrrole nitrogens is 1. The summed E-state index contributed by atoms with van der Waals surface area (Å²) in [4.78, 5) is 16.3. The van der Waals surface area contributed by atoms with Gasteiger partial charge in [0, 0.05) is 20.0 Å². The molecule has 0 spiro atoms. The van der Waals surface area contributed by atoms with Gasteiger partial charge < -0.3 is 14.5 Å². The maximum absolute atomic E-state index is 13.4. The first kappa shape index (κ1) is 12.3. The molecule has 6 heteroatoms. The lowest BCUT2D eigenvalue weighted by molar-refractivity contribution is -0.132. The first-order chi connectivity index (χ1) is 9.06. The Balaban J connectivity index is 2.09. The second kappa shape index (κ2) is 4.45. The molecule has 0 aliphatic carbocycles. The third-order valence-corrected chi connectivity index (χ3v) is 3.95. The summed E-state index contributed by atoms with van der Waals surface area (Å²) in [5, 5.41) is 0. The highest BCUT2D eigenvalue weighted by atomic mass is 32.1. The van der Waals surface area contributed by atoms with Crippen LogP contribution in [0.1, 0.15) is 18.9 Å². The third-order valence-electron chi connectivity index (χ3n) is 3.65. The first-order valence-electron chi connectivity index (χ1n) is 6.20. The second-order valence-electron chi connectivity index (χ2n) is 4.93. The number of carbonyl (C=O) groups excluding carboxylic acids is 1. The van der Waals surface area contributed by atoms with E-state index >= 15 is 0 Å². The van der Waals surface area contributed by atoms with Crippen LogP contribution in [-0.2, 0) is 4.79 Å². The van der Waals surface area contributed by atoms with Crippen LogP contribution in [0.15, 0.2) is 18.2 Å². The number of imidazole rings is 1. The van der Waals surface area contributed by atoms with Crippen molar-refractivity contribution in [1.29, 1.82) is 0 Å². The normalized spacial score (nSPS) is 20.2. The molecule has 1 aromatic heterocycles. The smallest absolute Gasteiger partial charge is 0.222 e. The van der Waals surface area contributed by atoms with Gasteiger partial charge in [-0.2, -0.15) is 0 Å². The molecule has 1 fully saturated rings. The maximum atomic E-state index is 13.4. The topological polar surface area (TPSA) is 41.0 Å². The number of benzene rings is 1. The number of likely N-dealkylation sites (tertiary alicyclic amines) is 1. The average Bonchev–Trinajstić information content (AvgIpc) is 2.68. The van der Waals surface area contributed by atoms with Crippen molar-refractivity contribution in [2.75, 3.05) is 13.6 Å². The molecule has 0 bridgehead atoms. The summed E-state index contributed by atoms with van der Waals surface area (Å²) in [7, 11) is 1.79. The molecule has 1 saturated heterocycles. The average molecular weight is 279 g/mol.